The van der Waals surface area contributed by atoms with Crippen molar-refractivity contribution in [2.24, 2.45) is 0 Å². The van der Waals surface area contributed by atoms with E-state index in [9.17, 15) is 9.59 Å². The van der Waals surface area contributed by atoms with Gasteiger partial charge in [0.1, 0.15) is 11.4 Å². The maximum absolute atomic E-state index is 12.3. The van der Waals surface area contributed by atoms with Crippen LogP contribution in [-0.2, 0) is 0 Å². The van der Waals surface area contributed by atoms with Crippen LogP contribution in [0, 0.1) is 6.92 Å². The van der Waals surface area contributed by atoms with Gasteiger partial charge in [-0.3, -0.25) is 4.79 Å². The second-order valence-corrected chi connectivity index (χ2v) is 4.36. The smallest absolute Gasteiger partial charge is 0.354 e. The molecule has 1 heterocycles. The second-order valence-electron chi connectivity index (χ2n) is 4.36. The van der Waals surface area contributed by atoms with E-state index in [1.807, 2.05) is 31.2 Å². The van der Waals surface area contributed by atoms with E-state index in [2.05, 4.69) is 4.98 Å². The molecule has 5 heteroatoms. The molecule has 0 saturated carbocycles. The predicted molar refractivity (Wildman–Crippen MR) is 75.1 cm³/mol. The van der Waals surface area contributed by atoms with Crippen LogP contribution in [0.3, 0.4) is 0 Å². The van der Waals surface area contributed by atoms with E-state index in [1.165, 1.54) is 23.1 Å². The first kappa shape index (κ1) is 13.7. The maximum Gasteiger partial charge on any atom is 0.354 e. The molecule has 5 nitrogen and oxygen atoms in total. The summed E-state index contributed by atoms with van der Waals surface area (Å²) in [5.41, 5.74) is 1.68. The largest absolute Gasteiger partial charge is 0.477 e. The molecule has 0 saturated heterocycles. The number of benzene rings is 1. The Bertz CT molecular complexity index is 668. The number of aromatic carboxylic acids is 1. The van der Waals surface area contributed by atoms with Gasteiger partial charge in [0.25, 0.3) is 5.91 Å². The van der Waals surface area contributed by atoms with Crippen molar-refractivity contribution in [3.63, 3.8) is 0 Å². The van der Waals surface area contributed by atoms with Gasteiger partial charge in [0.05, 0.1) is 0 Å². The number of carbonyl (C=O) groups is 2. The summed E-state index contributed by atoms with van der Waals surface area (Å²) >= 11 is 0. The molecule has 1 aromatic heterocycles. The monoisotopic (exact) mass is 270 g/mol. The van der Waals surface area contributed by atoms with Crippen LogP contribution in [0.5, 0.6) is 0 Å². The zero-order valence-electron chi connectivity index (χ0n) is 11.2. The fourth-order valence-corrected chi connectivity index (χ4v) is 1.89. The summed E-state index contributed by atoms with van der Waals surface area (Å²) in [5, 5.41) is 8.90. The summed E-state index contributed by atoms with van der Waals surface area (Å²) in [6.45, 7) is 1.90. The van der Waals surface area contributed by atoms with Gasteiger partial charge in [-0.15, -0.1) is 0 Å². The Morgan fingerprint density at radius 3 is 2.35 bits per heavy atom. The van der Waals surface area contributed by atoms with Crippen molar-refractivity contribution in [3.8, 4) is 0 Å². The first-order valence-corrected chi connectivity index (χ1v) is 6.04. The fourth-order valence-electron chi connectivity index (χ4n) is 1.89. The number of aryl methyl sites for hydroxylation is 1. The molecule has 0 unspecified atom stereocenters. The number of nitrogens with zero attached hydrogens (tertiary/aromatic N) is 2. The van der Waals surface area contributed by atoms with Gasteiger partial charge in [0.15, 0.2) is 0 Å². The predicted octanol–water partition coefficient (Wildman–Crippen LogP) is 2.36. The Morgan fingerprint density at radius 1 is 1.05 bits per heavy atom. The van der Waals surface area contributed by atoms with Crippen molar-refractivity contribution in [2.75, 3.05) is 11.9 Å². The number of amides is 1. The molecule has 0 radical (unpaired) electrons. The van der Waals surface area contributed by atoms with Gasteiger partial charge < -0.3 is 10.0 Å². The topological polar surface area (TPSA) is 70.5 Å². The first-order chi connectivity index (χ1) is 9.50. The maximum atomic E-state index is 12.3. The van der Waals surface area contributed by atoms with E-state index in [0.717, 1.165) is 11.3 Å². The molecule has 1 amide bonds. The lowest BCUT2D eigenvalue weighted by Crippen LogP contribution is -2.28. The number of hydrogen-bond donors (Lipinski definition) is 1. The Balaban J connectivity index is 2.34. The van der Waals surface area contributed by atoms with E-state index in [-0.39, 0.29) is 17.3 Å². The summed E-state index contributed by atoms with van der Waals surface area (Å²) in [7, 11) is 1.64. The summed E-state index contributed by atoms with van der Waals surface area (Å²) in [5.74, 6) is -1.50. The van der Waals surface area contributed by atoms with Crippen LogP contribution in [0.2, 0.25) is 0 Å². The molecule has 0 spiro atoms. The van der Waals surface area contributed by atoms with Crippen LogP contribution in [0.15, 0.2) is 42.5 Å². The summed E-state index contributed by atoms with van der Waals surface area (Å²) in [6.07, 6.45) is 0. The molecule has 0 bridgehead atoms. The average molecular weight is 270 g/mol. The molecular formula is C15H14N2O3. The first-order valence-electron chi connectivity index (χ1n) is 6.04. The molecule has 0 aliphatic carbocycles. The number of carboxylic acid groups (broad SMARTS) is 1. The molecule has 1 N–H and O–H groups in total. The minimum absolute atomic E-state index is 0.107. The number of carboxylic acids is 1. The summed E-state index contributed by atoms with van der Waals surface area (Å²) in [4.78, 5) is 28.5. The molecule has 0 aliphatic rings. The lowest BCUT2D eigenvalue weighted by Gasteiger charge is -2.19. The van der Waals surface area contributed by atoms with Crippen molar-refractivity contribution in [1.82, 2.24) is 4.98 Å². The second kappa shape index (κ2) is 5.52. The molecule has 102 valence electrons. The molecule has 2 aromatic rings. The molecule has 0 fully saturated rings. The third-order valence-electron chi connectivity index (χ3n) is 2.97. The van der Waals surface area contributed by atoms with Crippen LogP contribution in [0.1, 0.15) is 26.5 Å². The number of hydrogen-bond acceptors (Lipinski definition) is 3. The number of para-hydroxylation sites is 1. The third kappa shape index (κ3) is 2.66. The third-order valence-corrected chi connectivity index (χ3v) is 2.97. The highest BCUT2D eigenvalue weighted by Gasteiger charge is 2.17. The van der Waals surface area contributed by atoms with Crippen molar-refractivity contribution in [3.05, 3.63) is 59.4 Å². The van der Waals surface area contributed by atoms with Gasteiger partial charge in [-0.25, -0.2) is 9.78 Å². The van der Waals surface area contributed by atoms with Gasteiger partial charge in [0.2, 0.25) is 0 Å². The number of aromatic nitrogens is 1. The Labute approximate surface area is 116 Å². The van der Waals surface area contributed by atoms with Crippen molar-refractivity contribution >= 4 is 17.6 Å². The van der Waals surface area contributed by atoms with Crippen molar-refractivity contribution < 1.29 is 14.7 Å². The summed E-state index contributed by atoms with van der Waals surface area (Å²) < 4.78 is 0. The normalized spacial score (nSPS) is 10.1. The Morgan fingerprint density at radius 2 is 1.70 bits per heavy atom. The highest BCUT2D eigenvalue weighted by molar-refractivity contribution is 6.05. The molecule has 0 atom stereocenters. The van der Waals surface area contributed by atoms with Gasteiger partial charge in [-0.05, 0) is 30.7 Å². The molecule has 0 aliphatic heterocycles. The van der Waals surface area contributed by atoms with E-state index >= 15 is 0 Å². The molecule has 1 aromatic carbocycles. The Kier molecular flexibility index (Phi) is 3.79. The van der Waals surface area contributed by atoms with Crippen molar-refractivity contribution in [1.29, 1.82) is 0 Å². The zero-order chi connectivity index (χ0) is 14.7. The number of pyridine rings is 1. The highest BCUT2D eigenvalue weighted by atomic mass is 16.4. The van der Waals surface area contributed by atoms with Crippen LogP contribution in [-0.4, -0.2) is 29.0 Å². The van der Waals surface area contributed by atoms with E-state index in [4.69, 9.17) is 5.11 Å². The SMILES string of the molecule is Cc1ccccc1N(C)C(=O)c1cccc(C(=O)O)n1. The van der Waals surface area contributed by atoms with E-state index in [1.54, 1.807) is 7.05 Å². The molecule has 2 rings (SSSR count). The number of anilines is 1. The minimum Gasteiger partial charge on any atom is -0.477 e. The van der Waals surface area contributed by atoms with Crippen LogP contribution in [0.25, 0.3) is 0 Å². The quantitative estimate of drug-likeness (QED) is 0.929. The number of carbonyl (C=O) groups excluding carboxylic acids is 1. The van der Waals surface area contributed by atoms with Gasteiger partial charge in [-0.1, -0.05) is 24.3 Å². The minimum atomic E-state index is -1.15. The lowest BCUT2D eigenvalue weighted by molar-refractivity contribution is 0.0690. The lowest BCUT2D eigenvalue weighted by atomic mass is 10.1. The molecular weight excluding hydrogens is 256 g/mol. The average Bonchev–Trinajstić information content (AvgIpc) is 2.46. The van der Waals surface area contributed by atoms with Crippen molar-refractivity contribution in [2.45, 2.75) is 6.92 Å². The fraction of sp³-hybridized carbons (Fsp3) is 0.133. The van der Waals surface area contributed by atoms with Gasteiger partial charge in [-0.2, -0.15) is 0 Å². The van der Waals surface area contributed by atoms with E-state index < -0.39 is 5.97 Å². The van der Waals surface area contributed by atoms with Gasteiger partial charge in [0, 0.05) is 12.7 Å². The Hall–Kier alpha value is -2.69. The van der Waals surface area contributed by atoms with E-state index in [0.29, 0.717) is 0 Å². The highest BCUT2D eigenvalue weighted by Crippen LogP contribution is 2.19. The number of rotatable bonds is 3. The van der Waals surface area contributed by atoms with Crippen LogP contribution >= 0.6 is 0 Å². The standard InChI is InChI=1S/C15H14N2O3/c1-10-6-3-4-9-13(10)17(2)14(18)11-7-5-8-12(16-11)15(19)20/h3-9H,1-2H3,(H,19,20). The van der Waals surface area contributed by atoms with Crippen LogP contribution < -0.4 is 4.90 Å². The zero-order valence-corrected chi connectivity index (χ0v) is 11.2. The van der Waals surface area contributed by atoms with Gasteiger partial charge >= 0.3 is 5.97 Å². The summed E-state index contributed by atoms with van der Waals surface area (Å²) in [6, 6.07) is 11.8. The van der Waals surface area contributed by atoms with Crippen LogP contribution in [0.4, 0.5) is 5.69 Å². The molecule has 20 heavy (non-hydrogen) atoms.